The van der Waals surface area contributed by atoms with E-state index in [2.05, 4.69) is 21.2 Å². The van der Waals surface area contributed by atoms with E-state index in [-0.39, 0.29) is 5.91 Å². The predicted molar refractivity (Wildman–Crippen MR) is 83.0 cm³/mol. The van der Waals surface area contributed by atoms with E-state index in [0.29, 0.717) is 21.8 Å². The molecule has 0 heterocycles. The van der Waals surface area contributed by atoms with Crippen LogP contribution in [-0.2, 0) is 0 Å². The maximum Gasteiger partial charge on any atom is 0.257 e. The van der Waals surface area contributed by atoms with Gasteiger partial charge in [-0.25, -0.2) is 0 Å². The van der Waals surface area contributed by atoms with Crippen molar-refractivity contribution in [3.05, 3.63) is 62.6 Å². The minimum Gasteiger partial charge on any atom is -0.321 e. The van der Waals surface area contributed by atoms with Crippen LogP contribution in [0.4, 0.5) is 5.69 Å². The third-order valence-electron chi connectivity index (χ3n) is 2.79. The molecule has 0 atom stereocenters. The first-order valence-corrected chi connectivity index (χ1v) is 6.96. The van der Waals surface area contributed by atoms with Gasteiger partial charge in [-0.3, -0.25) is 4.79 Å². The van der Waals surface area contributed by atoms with Gasteiger partial charge in [0, 0.05) is 4.47 Å². The highest BCUT2D eigenvalue weighted by Gasteiger charge is 2.13. The van der Waals surface area contributed by atoms with Crippen molar-refractivity contribution in [3.8, 4) is 6.07 Å². The SMILES string of the molecule is Cc1cccc(C(=O)Nc2ccc(Br)cc2C#N)c1Cl. The second kappa shape index (κ2) is 6.08. The van der Waals surface area contributed by atoms with Crippen LogP contribution in [0.2, 0.25) is 5.02 Å². The van der Waals surface area contributed by atoms with Crippen LogP contribution in [0.25, 0.3) is 0 Å². The van der Waals surface area contributed by atoms with Crippen molar-refractivity contribution in [2.24, 2.45) is 0 Å². The molecule has 0 aliphatic heterocycles. The van der Waals surface area contributed by atoms with Gasteiger partial charge in [0.2, 0.25) is 0 Å². The topological polar surface area (TPSA) is 52.9 Å². The first-order chi connectivity index (χ1) is 9.52. The summed E-state index contributed by atoms with van der Waals surface area (Å²) in [5, 5.41) is 12.2. The molecule has 0 fully saturated rings. The zero-order valence-electron chi connectivity index (χ0n) is 10.6. The molecule has 0 unspecified atom stereocenters. The highest BCUT2D eigenvalue weighted by atomic mass is 79.9. The molecule has 0 aromatic heterocycles. The number of hydrogen-bond donors (Lipinski definition) is 1. The van der Waals surface area contributed by atoms with Crippen molar-refractivity contribution in [2.45, 2.75) is 6.92 Å². The molecule has 2 rings (SSSR count). The summed E-state index contributed by atoms with van der Waals surface area (Å²) in [6, 6.07) is 12.4. The van der Waals surface area contributed by atoms with Crippen molar-refractivity contribution >= 4 is 39.1 Å². The molecule has 0 aliphatic carbocycles. The number of amides is 1. The van der Waals surface area contributed by atoms with Crippen LogP contribution in [0.15, 0.2) is 40.9 Å². The Morgan fingerprint density at radius 3 is 2.80 bits per heavy atom. The Hall–Kier alpha value is -1.83. The molecule has 0 saturated carbocycles. The average Bonchev–Trinajstić information content (AvgIpc) is 2.43. The highest BCUT2D eigenvalue weighted by Crippen LogP contribution is 2.24. The summed E-state index contributed by atoms with van der Waals surface area (Å²) in [6.07, 6.45) is 0. The fourth-order valence-corrected chi connectivity index (χ4v) is 2.30. The molecule has 0 spiro atoms. The normalized spacial score (nSPS) is 9.90. The number of nitrogens with zero attached hydrogens (tertiary/aromatic N) is 1. The number of nitrogens with one attached hydrogen (secondary N) is 1. The van der Waals surface area contributed by atoms with Gasteiger partial charge < -0.3 is 5.32 Å². The van der Waals surface area contributed by atoms with Gasteiger partial charge in [0.25, 0.3) is 5.91 Å². The lowest BCUT2D eigenvalue weighted by molar-refractivity contribution is 0.102. The number of halogens is 2. The van der Waals surface area contributed by atoms with Crippen molar-refractivity contribution < 1.29 is 4.79 Å². The van der Waals surface area contributed by atoms with Crippen LogP contribution >= 0.6 is 27.5 Å². The third-order valence-corrected chi connectivity index (χ3v) is 3.78. The summed E-state index contributed by atoms with van der Waals surface area (Å²) < 4.78 is 0.778. The van der Waals surface area contributed by atoms with Crippen LogP contribution in [0.5, 0.6) is 0 Å². The molecular formula is C15H10BrClN2O. The van der Waals surface area contributed by atoms with Crippen LogP contribution in [0.1, 0.15) is 21.5 Å². The van der Waals surface area contributed by atoms with E-state index >= 15 is 0 Å². The number of hydrogen-bond acceptors (Lipinski definition) is 2. The maximum absolute atomic E-state index is 12.2. The number of aryl methyl sites for hydroxylation is 1. The molecule has 5 heteroatoms. The lowest BCUT2D eigenvalue weighted by atomic mass is 10.1. The fraction of sp³-hybridized carbons (Fsp3) is 0.0667. The Kier molecular flexibility index (Phi) is 4.43. The van der Waals surface area contributed by atoms with Gasteiger partial charge in [0.15, 0.2) is 0 Å². The van der Waals surface area contributed by atoms with E-state index in [1.54, 1.807) is 30.3 Å². The summed E-state index contributed by atoms with van der Waals surface area (Å²) in [6.45, 7) is 1.83. The van der Waals surface area contributed by atoms with Gasteiger partial charge >= 0.3 is 0 Å². The molecular weight excluding hydrogens is 340 g/mol. The highest BCUT2D eigenvalue weighted by molar-refractivity contribution is 9.10. The van der Waals surface area contributed by atoms with Gasteiger partial charge in [0.1, 0.15) is 6.07 Å². The molecule has 0 aliphatic rings. The maximum atomic E-state index is 12.2. The van der Waals surface area contributed by atoms with E-state index in [1.165, 1.54) is 0 Å². The summed E-state index contributed by atoms with van der Waals surface area (Å²) >= 11 is 9.40. The number of anilines is 1. The molecule has 100 valence electrons. The molecule has 2 aromatic rings. The third kappa shape index (κ3) is 3.01. The molecule has 1 amide bonds. The number of nitriles is 1. The van der Waals surface area contributed by atoms with Gasteiger partial charge in [0.05, 0.1) is 21.8 Å². The number of carbonyl (C=O) groups is 1. The van der Waals surface area contributed by atoms with Crippen LogP contribution < -0.4 is 5.32 Å². The zero-order chi connectivity index (χ0) is 14.7. The Morgan fingerprint density at radius 2 is 2.10 bits per heavy atom. The molecule has 0 radical (unpaired) electrons. The standard InChI is InChI=1S/C15H10BrClN2O/c1-9-3-2-4-12(14(9)17)15(20)19-13-6-5-11(16)7-10(13)8-18/h2-7H,1H3,(H,19,20). The molecule has 20 heavy (non-hydrogen) atoms. The Bertz CT molecular complexity index is 722. The zero-order valence-corrected chi connectivity index (χ0v) is 12.9. The summed E-state index contributed by atoms with van der Waals surface area (Å²) in [5.74, 6) is -0.336. The smallest absolute Gasteiger partial charge is 0.257 e. The van der Waals surface area contributed by atoms with Gasteiger partial charge in [-0.15, -0.1) is 0 Å². The summed E-state index contributed by atoms with van der Waals surface area (Å²) in [5.41, 5.74) is 2.06. The van der Waals surface area contributed by atoms with Crippen molar-refractivity contribution in [3.63, 3.8) is 0 Å². The van der Waals surface area contributed by atoms with E-state index in [4.69, 9.17) is 16.9 Å². The van der Waals surface area contributed by atoms with Crippen molar-refractivity contribution in [1.29, 1.82) is 5.26 Å². The monoisotopic (exact) mass is 348 g/mol. The number of benzene rings is 2. The summed E-state index contributed by atoms with van der Waals surface area (Å²) in [4.78, 5) is 12.2. The number of rotatable bonds is 2. The quantitative estimate of drug-likeness (QED) is 0.865. The minimum atomic E-state index is -0.336. The molecule has 1 N–H and O–H groups in total. The number of carbonyl (C=O) groups excluding carboxylic acids is 1. The Balaban J connectivity index is 2.33. The molecule has 2 aromatic carbocycles. The van der Waals surface area contributed by atoms with E-state index < -0.39 is 0 Å². The fourth-order valence-electron chi connectivity index (χ4n) is 1.73. The second-order valence-electron chi connectivity index (χ2n) is 4.19. The lowest BCUT2D eigenvalue weighted by Gasteiger charge is -2.09. The van der Waals surface area contributed by atoms with Crippen LogP contribution in [-0.4, -0.2) is 5.91 Å². The van der Waals surface area contributed by atoms with E-state index in [0.717, 1.165) is 10.0 Å². The second-order valence-corrected chi connectivity index (χ2v) is 5.49. The van der Waals surface area contributed by atoms with Gasteiger partial charge in [-0.2, -0.15) is 5.26 Å². The first kappa shape index (κ1) is 14.6. The summed E-state index contributed by atoms with van der Waals surface area (Å²) in [7, 11) is 0. The van der Waals surface area contributed by atoms with Gasteiger partial charge in [-0.05, 0) is 36.8 Å². The minimum absolute atomic E-state index is 0.336. The van der Waals surface area contributed by atoms with Gasteiger partial charge in [-0.1, -0.05) is 39.7 Å². The van der Waals surface area contributed by atoms with Crippen molar-refractivity contribution in [1.82, 2.24) is 0 Å². The Labute approximate surface area is 130 Å². The average molecular weight is 350 g/mol. The largest absolute Gasteiger partial charge is 0.321 e. The first-order valence-electron chi connectivity index (χ1n) is 5.79. The van der Waals surface area contributed by atoms with E-state index in [9.17, 15) is 4.79 Å². The van der Waals surface area contributed by atoms with Crippen LogP contribution in [0, 0.1) is 18.3 Å². The predicted octanol–water partition coefficient (Wildman–Crippen LogP) is 4.53. The van der Waals surface area contributed by atoms with Crippen LogP contribution in [0.3, 0.4) is 0 Å². The lowest BCUT2D eigenvalue weighted by Crippen LogP contribution is -2.13. The van der Waals surface area contributed by atoms with E-state index in [1.807, 2.05) is 19.1 Å². The molecule has 0 saturated heterocycles. The Morgan fingerprint density at radius 1 is 1.35 bits per heavy atom. The molecule has 3 nitrogen and oxygen atoms in total. The molecule has 0 bridgehead atoms. The van der Waals surface area contributed by atoms with Crippen molar-refractivity contribution in [2.75, 3.05) is 5.32 Å².